The largest absolute Gasteiger partial charge is 0.497 e. The molecule has 0 aromatic heterocycles. The number of amides is 1. The summed E-state index contributed by atoms with van der Waals surface area (Å²) in [6.45, 7) is 3.43. The number of esters is 1. The van der Waals surface area contributed by atoms with Crippen LogP contribution in [0.1, 0.15) is 40.1 Å². The Balaban J connectivity index is 1.41. The summed E-state index contributed by atoms with van der Waals surface area (Å²) in [7, 11) is 1.64. The third-order valence-corrected chi connectivity index (χ3v) is 5.63. The molecular formula is C23H26N2O5. The van der Waals surface area contributed by atoms with Gasteiger partial charge in [-0.1, -0.05) is 30.3 Å². The number of nitrogens with one attached hydrogen (secondary N) is 1. The lowest BCUT2D eigenvalue weighted by molar-refractivity contribution is -0.123. The number of fused-ring (bicyclic) bond motifs is 1. The fraction of sp³-hybridized carbons (Fsp3) is 0.391. The summed E-state index contributed by atoms with van der Waals surface area (Å²) in [5.74, 6) is 0.286. The second kappa shape index (κ2) is 9.28. The summed E-state index contributed by atoms with van der Waals surface area (Å²) in [4.78, 5) is 27.0. The Morgan fingerprint density at radius 3 is 2.63 bits per heavy atom. The smallest absolute Gasteiger partial charge is 0.339 e. The van der Waals surface area contributed by atoms with Gasteiger partial charge >= 0.3 is 5.97 Å². The Hall–Kier alpha value is -2.90. The van der Waals surface area contributed by atoms with Crippen LogP contribution in [0.3, 0.4) is 0 Å². The molecule has 2 aromatic rings. The summed E-state index contributed by atoms with van der Waals surface area (Å²) in [5, 5.41) is 3.04. The maximum Gasteiger partial charge on any atom is 0.339 e. The first-order valence-corrected chi connectivity index (χ1v) is 10.2. The first-order valence-electron chi connectivity index (χ1n) is 10.2. The van der Waals surface area contributed by atoms with Crippen LogP contribution >= 0.6 is 0 Å². The zero-order valence-corrected chi connectivity index (χ0v) is 17.0. The molecule has 0 aliphatic carbocycles. The number of cyclic esters (lactones) is 1. The Labute approximate surface area is 175 Å². The minimum atomic E-state index is -0.531. The van der Waals surface area contributed by atoms with Gasteiger partial charge in [0.15, 0.2) is 0 Å². The topological polar surface area (TPSA) is 77.1 Å². The highest BCUT2D eigenvalue weighted by molar-refractivity contribution is 5.94. The number of nitrogens with zero attached hydrogens (tertiary/aromatic N) is 1. The maximum absolute atomic E-state index is 12.7. The molecule has 1 N–H and O–H groups in total. The van der Waals surface area contributed by atoms with Crippen LogP contribution in [-0.2, 0) is 14.3 Å². The molecule has 2 atom stereocenters. The van der Waals surface area contributed by atoms with E-state index in [4.69, 9.17) is 14.2 Å². The van der Waals surface area contributed by atoms with Crippen LogP contribution in [-0.4, -0.2) is 56.7 Å². The van der Waals surface area contributed by atoms with E-state index in [1.807, 2.05) is 36.4 Å². The summed E-state index contributed by atoms with van der Waals surface area (Å²) in [6.07, 6.45) is -0.419. The van der Waals surface area contributed by atoms with Crippen molar-refractivity contribution in [1.82, 2.24) is 10.2 Å². The van der Waals surface area contributed by atoms with Crippen molar-refractivity contribution in [2.24, 2.45) is 0 Å². The molecule has 30 heavy (non-hydrogen) atoms. The number of hydrogen-bond donors (Lipinski definition) is 1. The Morgan fingerprint density at radius 1 is 1.17 bits per heavy atom. The fourth-order valence-corrected chi connectivity index (χ4v) is 4.00. The summed E-state index contributed by atoms with van der Waals surface area (Å²) < 4.78 is 16.1. The van der Waals surface area contributed by atoms with E-state index < -0.39 is 6.10 Å². The molecule has 7 nitrogen and oxygen atoms in total. The van der Waals surface area contributed by atoms with E-state index in [2.05, 4.69) is 10.2 Å². The molecule has 2 aromatic carbocycles. The molecule has 0 radical (unpaired) electrons. The van der Waals surface area contributed by atoms with Gasteiger partial charge in [-0.2, -0.15) is 0 Å². The van der Waals surface area contributed by atoms with E-state index in [-0.39, 0.29) is 24.3 Å². The molecule has 0 unspecified atom stereocenters. The molecule has 1 saturated heterocycles. The number of carbonyl (C=O) groups excluding carboxylic acids is 2. The average molecular weight is 410 g/mol. The van der Waals surface area contributed by atoms with E-state index in [0.717, 1.165) is 30.0 Å². The molecule has 2 aliphatic rings. The van der Waals surface area contributed by atoms with Crippen molar-refractivity contribution in [2.75, 3.05) is 40.0 Å². The molecule has 1 fully saturated rings. The number of rotatable bonds is 7. The quantitative estimate of drug-likeness (QED) is 0.707. The van der Waals surface area contributed by atoms with Gasteiger partial charge in [0.1, 0.15) is 11.9 Å². The van der Waals surface area contributed by atoms with E-state index >= 15 is 0 Å². The maximum atomic E-state index is 12.7. The Bertz CT molecular complexity index is 893. The van der Waals surface area contributed by atoms with Gasteiger partial charge in [0, 0.05) is 25.2 Å². The van der Waals surface area contributed by atoms with Crippen LogP contribution in [0.25, 0.3) is 0 Å². The monoisotopic (exact) mass is 410 g/mol. The number of ether oxygens (including phenoxy) is 3. The van der Waals surface area contributed by atoms with Crippen molar-refractivity contribution < 1.29 is 23.8 Å². The molecule has 2 aliphatic heterocycles. The second-order valence-corrected chi connectivity index (χ2v) is 7.43. The highest BCUT2D eigenvalue weighted by Gasteiger charge is 2.32. The van der Waals surface area contributed by atoms with Crippen molar-refractivity contribution in [3.8, 4) is 5.75 Å². The number of benzene rings is 2. The van der Waals surface area contributed by atoms with Crippen LogP contribution in [0.5, 0.6) is 5.75 Å². The number of hydrogen-bond acceptors (Lipinski definition) is 6. The third-order valence-electron chi connectivity index (χ3n) is 5.63. The lowest BCUT2D eigenvalue weighted by Gasteiger charge is -2.35. The average Bonchev–Trinajstić information content (AvgIpc) is 3.10. The Morgan fingerprint density at radius 2 is 1.90 bits per heavy atom. The summed E-state index contributed by atoms with van der Waals surface area (Å²) >= 11 is 0. The molecule has 7 heteroatoms. The van der Waals surface area contributed by atoms with Crippen molar-refractivity contribution in [3.05, 3.63) is 65.2 Å². The molecule has 1 amide bonds. The van der Waals surface area contributed by atoms with Crippen LogP contribution in [0.15, 0.2) is 48.5 Å². The standard InChI is InChI=1S/C23H26N2O5/c1-28-17-8-6-16(7-9-17)20(25-10-12-29-13-11-25)15-24-22(26)14-21-18-4-2-3-5-19(18)23(27)30-21/h2-9,20-21H,10-15H2,1H3,(H,24,26)/t20-,21-/m0/s1. The molecule has 2 heterocycles. The molecular weight excluding hydrogens is 384 g/mol. The number of methoxy groups -OCH3 is 1. The molecule has 158 valence electrons. The van der Waals surface area contributed by atoms with Crippen molar-refractivity contribution in [1.29, 1.82) is 0 Å². The van der Waals surface area contributed by atoms with Gasteiger partial charge in [-0.3, -0.25) is 9.69 Å². The number of carbonyl (C=O) groups is 2. The molecule has 4 rings (SSSR count). The Kier molecular flexibility index (Phi) is 6.30. The highest BCUT2D eigenvalue weighted by Crippen LogP contribution is 2.32. The van der Waals surface area contributed by atoms with E-state index in [0.29, 0.717) is 25.3 Å². The lowest BCUT2D eigenvalue weighted by atomic mass is 10.0. The van der Waals surface area contributed by atoms with E-state index in [1.165, 1.54) is 0 Å². The van der Waals surface area contributed by atoms with Crippen LogP contribution in [0.4, 0.5) is 0 Å². The van der Waals surface area contributed by atoms with E-state index in [9.17, 15) is 9.59 Å². The van der Waals surface area contributed by atoms with Crippen LogP contribution in [0, 0.1) is 0 Å². The van der Waals surface area contributed by atoms with Gasteiger partial charge in [0.2, 0.25) is 5.91 Å². The van der Waals surface area contributed by atoms with Gasteiger partial charge in [0.25, 0.3) is 0 Å². The number of morpholine rings is 1. The summed E-state index contributed by atoms with van der Waals surface area (Å²) in [5.41, 5.74) is 2.42. The minimum Gasteiger partial charge on any atom is -0.497 e. The van der Waals surface area contributed by atoms with Gasteiger partial charge in [-0.25, -0.2) is 4.79 Å². The van der Waals surface area contributed by atoms with Crippen LogP contribution < -0.4 is 10.1 Å². The van der Waals surface area contributed by atoms with Gasteiger partial charge in [-0.05, 0) is 23.8 Å². The van der Waals surface area contributed by atoms with Gasteiger partial charge < -0.3 is 19.5 Å². The zero-order chi connectivity index (χ0) is 20.9. The first-order chi connectivity index (χ1) is 14.7. The third kappa shape index (κ3) is 4.47. The molecule has 0 saturated carbocycles. The van der Waals surface area contributed by atoms with Gasteiger partial charge in [-0.15, -0.1) is 0 Å². The minimum absolute atomic E-state index is 0.0298. The van der Waals surface area contributed by atoms with E-state index in [1.54, 1.807) is 19.2 Å². The van der Waals surface area contributed by atoms with Crippen molar-refractivity contribution in [2.45, 2.75) is 18.6 Å². The first kappa shape index (κ1) is 20.4. The van der Waals surface area contributed by atoms with Gasteiger partial charge in [0.05, 0.1) is 38.3 Å². The molecule has 0 bridgehead atoms. The van der Waals surface area contributed by atoms with Crippen LogP contribution in [0.2, 0.25) is 0 Å². The van der Waals surface area contributed by atoms with Crippen molar-refractivity contribution >= 4 is 11.9 Å². The predicted octanol–water partition coefficient (Wildman–Crippen LogP) is 2.49. The second-order valence-electron chi connectivity index (χ2n) is 7.43. The SMILES string of the molecule is COc1ccc([C@H](CNC(=O)C[C@@H]2OC(=O)c3ccccc32)N2CCOCC2)cc1. The highest BCUT2D eigenvalue weighted by atomic mass is 16.5. The normalized spacial score (nSPS) is 19.6. The molecule has 0 spiro atoms. The van der Waals surface area contributed by atoms with Crippen molar-refractivity contribution in [3.63, 3.8) is 0 Å². The fourth-order valence-electron chi connectivity index (χ4n) is 4.00. The zero-order valence-electron chi connectivity index (χ0n) is 17.0. The summed E-state index contributed by atoms with van der Waals surface area (Å²) in [6, 6.07) is 15.2. The lowest BCUT2D eigenvalue weighted by Crippen LogP contribution is -2.44. The predicted molar refractivity (Wildman–Crippen MR) is 110 cm³/mol.